The lowest BCUT2D eigenvalue weighted by molar-refractivity contribution is -0.137. The summed E-state index contributed by atoms with van der Waals surface area (Å²) in [5.74, 6) is -0.392. The van der Waals surface area contributed by atoms with Gasteiger partial charge in [-0.3, -0.25) is 14.4 Å². The molecule has 0 spiro atoms. The smallest absolute Gasteiger partial charge is 0.303 e. The Labute approximate surface area is 227 Å². The third kappa shape index (κ3) is 6.17. The number of aromatic nitrogens is 4. The Bertz CT molecular complexity index is 1520. The van der Waals surface area contributed by atoms with Gasteiger partial charge in [0.15, 0.2) is 0 Å². The molecule has 10 nitrogen and oxygen atoms in total. The molecule has 1 atom stereocenters. The van der Waals surface area contributed by atoms with Crippen molar-refractivity contribution in [3.63, 3.8) is 0 Å². The summed E-state index contributed by atoms with van der Waals surface area (Å²) in [7, 11) is 1.58. The molecule has 4 rings (SSSR count). The quantitative estimate of drug-likeness (QED) is 0.267. The van der Waals surface area contributed by atoms with Gasteiger partial charge in [0.1, 0.15) is 18.2 Å². The Hall–Kier alpha value is -4.47. The highest BCUT2D eigenvalue weighted by molar-refractivity contribution is 6.00. The average molecular weight is 531 g/mol. The molecule has 0 aliphatic carbocycles. The zero-order chi connectivity index (χ0) is 28.1. The number of anilines is 1. The molecule has 10 heteroatoms. The number of carboxylic acids is 1. The van der Waals surface area contributed by atoms with Crippen LogP contribution in [0.5, 0.6) is 0 Å². The number of carboxylic acid groups (broad SMARTS) is 1. The van der Waals surface area contributed by atoms with Crippen molar-refractivity contribution in [1.82, 2.24) is 24.6 Å². The van der Waals surface area contributed by atoms with E-state index in [1.54, 1.807) is 25.5 Å². The predicted molar refractivity (Wildman–Crippen MR) is 149 cm³/mol. The number of benzene rings is 2. The Balaban J connectivity index is 1.63. The van der Waals surface area contributed by atoms with Crippen molar-refractivity contribution in [3.8, 4) is 0 Å². The number of fused-ring (bicyclic) bond motifs is 1. The third-order valence-electron chi connectivity index (χ3n) is 6.95. The number of carbonyl (C=O) groups excluding carboxylic acids is 2. The fraction of sp³-hybridized carbons (Fsp3) is 0.345. The molecule has 0 saturated heterocycles. The van der Waals surface area contributed by atoms with Crippen LogP contribution in [0, 0.1) is 6.92 Å². The van der Waals surface area contributed by atoms with Crippen molar-refractivity contribution in [2.75, 3.05) is 12.4 Å². The molecule has 3 N–H and O–H groups in total. The zero-order valence-corrected chi connectivity index (χ0v) is 22.7. The van der Waals surface area contributed by atoms with Gasteiger partial charge in [-0.25, -0.2) is 0 Å². The second-order valence-corrected chi connectivity index (χ2v) is 9.66. The van der Waals surface area contributed by atoms with Gasteiger partial charge in [-0.15, -0.1) is 10.2 Å². The summed E-state index contributed by atoms with van der Waals surface area (Å²) >= 11 is 0. The van der Waals surface area contributed by atoms with Crippen LogP contribution in [0.3, 0.4) is 0 Å². The summed E-state index contributed by atoms with van der Waals surface area (Å²) in [6, 6.07) is 10.8. The molecule has 0 aliphatic heterocycles. The Morgan fingerprint density at radius 3 is 2.64 bits per heavy atom. The van der Waals surface area contributed by atoms with Gasteiger partial charge in [0.25, 0.3) is 5.91 Å². The van der Waals surface area contributed by atoms with Crippen LogP contribution in [0.15, 0.2) is 48.9 Å². The second-order valence-electron chi connectivity index (χ2n) is 9.66. The maximum Gasteiger partial charge on any atom is 0.303 e. The number of nitrogens with zero attached hydrogens (tertiary/aromatic N) is 4. The van der Waals surface area contributed by atoms with E-state index in [0.717, 1.165) is 39.8 Å². The van der Waals surface area contributed by atoms with Gasteiger partial charge >= 0.3 is 5.97 Å². The first-order chi connectivity index (χ1) is 18.7. The topological polar surface area (TPSA) is 131 Å². The monoisotopic (exact) mass is 530 g/mol. The van der Waals surface area contributed by atoms with E-state index in [1.165, 1.54) is 0 Å². The van der Waals surface area contributed by atoms with E-state index < -0.39 is 12.0 Å². The number of nitrogens with one attached hydrogen (secondary N) is 2. The minimum Gasteiger partial charge on any atom is -0.481 e. The minimum absolute atomic E-state index is 0.0500. The van der Waals surface area contributed by atoms with Crippen molar-refractivity contribution in [1.29, 1.82) is 0 Å². The number of aryl methyl sites for hydroxylation is 3. The number of amides is 2. The third-order valence-corrected chi connectivity index (χ3v) is 6.95. The molecular formula is C29H34N6O4. The highest BCUT2D eigenvalue weighted by atomic mass is 16.4. The van der Waals surface area contributed by atoms with E-state index >= 15 is 0 Å². The predicted octanol–water partition coefficient (Wildman–Crippen LogP) is 4.12. The molecule has 1 unspecified atom stereocenters. The van der Waals surface area contributed by atoms with E-state index in [1.807, 2.05) is 60.4 Å². The summed E-state index contributed by atoms with van der Waals surface area (Å²) in [6.45, 7) is 6.36. The van der Waals surface area contributed by atoms with Crippen LogP contribution in [0.4, 0.5) is 5.69 Å². The molecule has 204 valence electrons. The maximum absolute atomic E-state index is 13.6. The summed E-state index contributed by atoms with van der Waals surface area (Å²) in [4.78, 5) is 36.9. The molecule has 0 bridgehead atoms. The first-order valence-corrected chi connectivity index (χ1v) is 13.1. The number of hydrogen-bond acceptors (Lipinski definition) is 5. The van der Waals surface area contributed by atoms with Gasteiger partial charge in [0, 0.05) is 48.2 Å². The molecule has 0 aliphatic rings. The van der Waals surface area contributed by atoms with Gasteiger partial charge in [0.2, 0.25) is 5.91 Å². The van der Waals surface area contributed by atoms with Crippen LogP contribution in [0.25, 0.3) is 10.9 Å². The molecule has 0 fully saturated rings. The molecule has 0 saturated carbocycles. The highest BCUT2D eigenvalue weighted by Gasteiger charge is 2.20. The average Bonchev–Trinajstić information content (AvgIpc) is 3.51. The van der Waals surface area contributed by atoms with Crippen molar-refractivity contribution in [2.24, 2.45) is 0 Å². The minimum atomic E-state index is -0.850. The normalized spacial score (nSPS) is 11.9. The molecule has 2 amide bonds. The van der Waals surface area contributed by atoms with Crippen molar-refractivity contribution in [3.05, 3.63) is 77.0 Å². The van der Waals surface area contributed by atoms with Gasteiger partial charge in [-0.1, -0.05) is 25.1 Å². The first-order valence-electron chi connectivity index (χ1n) is 13.1. The van der Waals surface area contributed by atoms with E-state index in [2.05, 4.69) is 20.8 Å². The van der Waals surface area contributed by atoms with Gasteiger partial charge in [0.05, 0.1) is 6.54 Å². The molecule has 39 heavy (non-hydrogen) atoms. The number of rotatable bonds is 11. The highest BCUT2D eigenvalue weighted by Crippen LogP contribution is 2.28. The van der Waals surface area contributed by atoms with Crippen molar-refractivity contribution in [2.45, 2.75) is 59.0 Å². The van der Waals surface area contributed by atoms with E-state index in [0.29, 0.717) is 30.6 Å². The van der Waals surface area contributed by atoms with Crippen molar-refractivity contribution < 1.29 is 19.5 Å². The van der Waals surface area contributed by atoms with Gasteiger partial charge in [-0.2, -0.15) is 0 Å². The number of hydrogen-bond donors (Lipinski definition) is 3. The Morgan fingerprint density at radius 1 is 1.13 bits per heavy atom. The lowest BCUT2D eigenvalue weighted by Crippen LogP contribution is -2.24. The molecule has 2 aromatic carbocycles. The van der Waals surface area contributed by atoms with Crippen LogP contribution in [0.1, 0.15) is 65.6 Å². The number of aliphatic carboxylic acids is 1. The van der Waals surface area contributed by atoms with Gasteiger partial charge in [-0.05, 0) is 61.6 Å². The van der Waals surface area contributed by atoms with Crippen LogP contribution >= 0.6 is 0 Å². The fourth-order valence-electron chi connectivity index (χ4n) is 4.76. The van der Waals surface area contributed by atoms with Gasteiger partial charge < -0.3 is 24.9 Å². The lowest BCUT2D eigenvalue weighted by Gasteiger charge is -2.19. The van der Waals surface area contributed by atoms with Crippen molar-refractivity contribution >= 4 is 34.4 Å². The molecule has 0 radical (unpaired) electrons. The largest absolute Gasteiger partial charge is 0.481 e. The molecule has 4 aromatic rings. The van der Waals surface area contributed by atoms with Crippen LogP contribution in [0.2, 0.25) is 0 Å². The fourth-order valence-corrected chi connectivity index (χ4v) is 4.76. The summed E-state index contributed by atoms with van der Waals surface area (Å²) in [6.07, 6.45) is 5.39. The van der Waals surface area contributed by atoms with Crippen LogP contribution in [-0.2, 0) is 29.0 Å². The molecule has 2 aromatic heterocycles. The second kappa shape index (κ2) is 11.9. The standard InChI is InChI=1S/C29H34N6O4/c1-5-26-33-31-17-34(26)16-20-9-10-21(7-6-8-27(36)37)24(13-20)32-28(38)19(3)35-15-18(2)23-12-11-22(14-25(23)35)29(39)30-4/h9-15,17,19H,5-8,16H2,1-4H3,(H,30,39)(H,32,38)(H,36,37). The van der Waals surface area contributed by atoms with E-state index in [-0.39, 0.29) is 18.2 Å². The number of carbonyl (C=O) groups is 3. The molecule has 2 heterocycles. The SMILES string of the molecule is CCc1nncn1Cc1ccc(CCCC(=O)O)c(NC(=O)C(C)n2cc(C)c3ccc(C(=O)NC)cc32)c1. The Kier molecular flexibility index (Phi) is 8.43. The first kappa shape index (κ1) is 27.6. The molecular weight excluding hydrogens is 496 g/mol. The van der Waals surface area contributed by atoms with E-state index in [9.17, 15) is 14.4 Å². The summed E-state index contributed by atoms with van der Waals surface area (Å²) in [5, 5.41) is 23.9. The maximum atomic E-state index is 13.6. The summed E-state index contributed by atoms with van der Waals surface area (Å²) < 4.78 is 3.84. The zero-order valence-electron chi connectivity index (χ0n) is 22.7. The van der Waals surface area contributed by atoms with Crippen LogP contribution in [-0.4, -0.2) is 49.3 Å². The lowest BCUT2D eigenvalue weighted by atomic mass is 10.0. The van der Waals surface area contributed by atoms with Crippen LogP contribution < -0.4 is 10.6 Å². The van der Waals surface area contributed by atoms with E-state index in [4.69, 9.17) is 5.11 Å². The summed E-state index contributed by atoms with van der Waals surface area (Å²) in [5.41, 5.74) is 4.81. The Morgan fingerprint density at radius 2 is 1.92 bits per heavy atom.